The van der Waals surface area contributed by atoms with Gasteiger partial charge < -0.3 is 9.30 Å². The molecule has 5 heteroatoms. The number of nitrogens with zero attached hydrogens (tertiary/aromatic N) is 1. The molecule has 2 aromatic rings. The normalized spacial score (nSPS) is 10.4. The summed E-state index contributed by atoms with van der Waals surface area (Å²) in [5.41, 5.74) is 0.993. The molecular weight excluding hydrogens is 362 g/mol. The Bertz CT molecular complexity index is 623. The molecule has 3 nitrogen and oxygen atoms in total. The monoisotopic (exact) mass is 371 g/mol. The Morgan fingerprint density at radius 3 is 2.67 bits per heavy atom. The van der Waals surface area contributed by atoms with Gasteiger partial charge in [0.15, 0.2) is 0 Å². The summed E-state index contributed by atoms with van der Waals surface area (Å²) in [5.74, 6) is 0.778. The molecule has 1 heterocycles. The van der Waals surface area contributed by atoms with Crippen LogP contribution in [0.5, 0.6) is 5.75 Å². The van der Waals surface area contributed by atoms with Crippen LogP contribution in [-0.2, 0) is 6.54 Å². The maximum Gasteiger partial charge on any atom is 0.265 e. The van der Waals surface area contributed by atoms with Crippen LogP contribution in [0.1, 0.15) is 5.56 Å². The van der Waals surface area contributed by atoms with Gasteiger partial charge in [0, 0.05) is 6.20 Å². The standard InChI is InChI=1S/C13H11Br2NO2/c1-18-12-5-4-9(7-11(12)15)8-16-6-2-3-10(14)13(16)17/h2-7H,8H2,1H3. The first-order valence-electron chi connectivity index (χ1n) is 5.29. The van der Waals surface area contributed by atoms with Crippen molar-refractivity contribution in [3.8, 4) is 5.75 Å². The fourth-order valence-electron chi connectivity index (χ4n) is 1.64. The number of hydrogen-bond acceptors (Lipinski definition) is 2. The number of methoxy groups -OCH3 is 1. The SMILES string of the molecule is COc1ccc(Cn2cccc(Br)c2=O)cc1Br. The quantitative estimate of drug-likeness (QED) is 0.826. The minimum atomic E-state index is -0.0376. The second-order valence-electron chi connectivity index (χ2n) is 3.76. The second-order valence-corrected chi connectivity index (χ2v) is 5.47. The minimum Gasteiger partial charge on any atom is -0.496 e. The molecule has 1 aromatic carbocycles. The summed E-state index contributed by atoms with van der Waals surface area (Å²) in [6.07, 6.45) is 1.77. The van der Waals surface area contributed by atoms with E-state index in [1.807, 2.05) is 24.3 Å². The van der Waals surface area contributed by atoms with Gasteiger partial charge in [-0.15, -0.1) is 0 Å². The van der Waals surface area contributed by atoms with Gasteiger partial charge in [-0.25, -0.2) is 0 Å². The molecule has 0 unspecified atom stereocenters. The molecule has 0 bridgehead atoms. The first kappa shape index (κ1) is 13.4. The first-order valence-corrected chi connectivity index (χ1v) is 6.88. The molecule has 0 aliphatic rings. The van der Waals surface area contributed by atoms with Crippen molar-refractivity contribution in [2.75, 3.05) is 7.11 Å². The smallest absolute Gasteiger partial charge is 0.265 e. The summed E-state index contributed by atoms with van der Waals surface area (Å²) >= 11 is 6.67. The van der Waals surface area contributed by atoms with Gasteiger partial charge in [-0.1, -0.05) is 6.07 Å². The second kappa shape index (κ2) is 5.71. The average molecular weight is 373 g/mol. The molecule has 0 spiro atoms. The summed E-state index contributed by atoms with van der Waals surface area (Å²) in [7, 11) is 1.62. The van der Waals surface area contributed by atoms with E-state index in [2.05, 4.69) is 31.9 Å². The van der Waals surface area contributed by atoms with Gasteiger partial charge in [0.05, 0.1) is 22.6 Å². The number of pyridine rings is 1. The third-order valence-corrected chi connectivity index (χ3v) is 3.77. The van der Waals surface area contributed by atoms with Gasteiger partial charge in [-0.2, -0.15) is 0 Å². The van der Waals surface area contributed by atoms with Crippen LogP contribution in [0, 0.1) is 0 Å². The zero-order valence-electron chi connectivity index (χ0n) is 9.69. The lowest BCUT2D eigenvalue weighted by Crippen LogP contribution is -2.20. The highest BCUT2D eigenvalue weighted by Gasteiger charge is 2.04. The number of halogens is 2. The van der Waals surface area contributed by atoms with Gasteiger partial charge in [-0.05, 0) is 61.7 Å². The Kier molecular flexibility index (Phi) is 4.24. The summed E-state index contributed by atoms with van der Waals surface area (Å²) in [6.45, 7) is 0.529. The summed E-state index contributed by atoms with van der Waals surface area (Å²) < 4.78 is 8.27. The molecule has 0 saturated heterocycles. The summed E-state index contributed by atoms with van der Waals surface area (Å²) in [5, 5.41) is 0. The van der Waals surface area contributed by atoms with Gasteiger partial charge in [0.2, 0.25) is 0 Å². The lowest BCUT2D eigenvalue weighted by Gasteiger charge is -2.08. The number of hydrogen-bond donors (Lipinski definition) is 0. The maximum atomic E-state index is 11.9. The number of aromatic nitrogens is 1. The van der Waals surface area contributed by atoms with Gasteiger partial charge in [0.25, 0.3) is 5.56 Å². The predicted octanol–water partition coefficient (Wildman–Crippen LogP) is 3.43. The van der Waals surface area contributed by atoms with Crippen LogP contribution in [-0.4, -0.2) is 11.7 Å². The highest BCUT2D eigenvalue weighted by atomic mass is 79.9. The molecular formula is C13H11Br2NO2. The Morgan fingerprint density at radius 2 is 2.00 bits per heavy atom. The topological polar surface area (TPSA) is 31.2 Å². The van der Waals surface area contributed by atoms with Crippen molar-refractivity contribution < 1.29 is 4.74 Å². The maximum absolute atomic E-state index is 11.9. The van der Waals surface area contributed by atoms with Crippen molar-refractivity contribution in [3.63, 3.8) is 0 Å². The Labute approximate surface area is 122 Å². The molecule has 1 aromatic heterocycles. The molecule has 0 radical (unpaired) electrons. The van der Waals surface area contributed by atoms with Crippen LogP contribution < -0.4 is 10.3 Å². The largest absolute Gasteiger partial charge is 0.496 e. The number of benzene rings is 1. The Morgan fingerprint density at radius 1 is 1.22 bits per heavy atom. The molecule has 0 aliphatic carbocycles. The van der Waals surface area contributed by atoms with Gasteiger partial charge in [-0.3, -0.25) is 4.79 Å². The van der Waals surface area contributed by atoms with Crippen LogP contribution >= 0.6 is 31.9 Å². The van der Waals surface area contributed by atoms with Crippen LogP contribution in [0.3, 0.4) is 0 Å². The number of ether oxygens (including phenoxy) is 1. The van der Waals surface area contributed by atoms with Crippen molar-refractivity contribution in [3.05, 3.63) is 61.4 Å². The van der Waals surface area contributed by atoms with Crippen LogP contribution in [0.2, 0.25) is 0 Å². The van der Waals surface area contributed by atoms with E-state index in [1.54, 1.807) is 23.9 Å². The molecule has 18 heavy (non-hydrogen) atoms. The van der Waals surface area contributed by atoms with Gasteiger partial charge >= 0.3 is 0 Å². The fourth-order valence-corrected chi connectivity index (χ4v) is 2.61. The van der Waals surface area contributed by atoms with E-state index in [9.17, 15) is 4.79 Å². The van der Waals surface area contributed by atoms with E-state index in [-0.39, 0.29) is 5.56 Å². The molecule has 0 atom stereocenters. The summed E-state index contributed by atoms with van der Waals surface area (Å²) in [6, 6.07) is 9.35. The Hall–Kier alpha value is -1.07. The molecule has 0 saturated carbocycles. The van der Waals surface area contributed by atoms with Crippen molar-refractivity contribution in [2.45, 2.75) is 6.54 Å². The van der Waals surface area contributed by atoms with Crippen LogP contribution in [0.25, 0.3) is 0 Å². The lowest BCUT2D eigenvalue weighted by atomic mass is 10.2. The first-order chi connectivity index (χ1) is 8.61. The van der Waals surface area contributed by atoms with Crippen LogP contribution in [0.4, 0.5) is 0 Å². The molecule has 0 aliphatic heterocycles. The minimum absolute atomic E-state index is 0.0376. The van der Waals surface area contributed by atoms with E-state index in [0.29, 0.717) is 11.0 Å². The molecule has 0 amide bonds. The fraction of sp³-hybridized carbons (Fsp3) is 0.154. The van der Waals surface area contributed by atoms with E-state index < -0.39 is 0 Å². The highest BCUT2D eigenvalue weighted by Crippen LogP contribution is 2.25. The summed E-state index contributed by atoms with van der Waals surface area (Å²) in [4.78, 5) is 11.9. The third-order valence-electron chi connectivity index (χ3n) is 2.54. The van der Waals surface area contributed by atoms with E-state index >= 15 is 0 Å². The highest BCUT2D eigenvalue weighted by molar-refractivity contribution is 9.10. The van der Waals surface area contributed by atoms with E-state index in [1.165, 1.54) is 0 Å². The average Bonchev–Trinajstić information content (AvgIpc) is 2.35. The van der Waals surface area contributed by atoms with Crippen molar-refractivity contribution >= 4 is 31.9 Å². The zero-order chi connectivity index (χ0) is 13.1. The predicted molar refractivity (Wildman–Crippen MR) is 78.2 cm³/mol. The van der Waals surface area contributed by atoms with E-state index in [0.717, 1.165) is 15.8 Å². The third kappa shape index (κ3) is 2.84. The number of rotatable bonds is 3. The van der Waals surface area contributed by atoms with Crippen LogP contribution in [0.15, 0.2) is 50.3 Å². The van der Waals surface area contributed by atoms with Crippen molar-refractivity contribution in [1.29, 1.82) is 0 Å². The van der Waals surface area contributed by atoms with Crippen molar-refractivity contribution in [1.82, 2.24) is 4.57 Å². The van der Waals surface area contributed by atoms with Gasteiger partial charge in [0.1, 0.15) is 5.75 Å². The zero-order valence-corrected chi connectivity index (χ0v) is 12.9. The molecule has 94 valence electrons. The van der Waals surface area contributed by atoms with Crippen molar-refractivity contribution in [2.24, 2.45) is 0 Å². The lowest BCUT2D eigenvalue weighted by molar-refractivity contribution is 0.412. The Balaban J connectivity index is 2.32. The molecule has 2 rings (SSSR count). The molecule has 0 fully saturated rings. The molecule has 0 N–H and O–H groups in total. The van der Waals surface area contributed by atoms with E-state index in [4.69, 9.17) is 4.74 Å².